The Morgan fingerprint density at radius 1 is 1.07 bits per heavy atom. The third kappa shape index (κ3) is 7.76. The lowest BCUT2D eigenvalue weighted by Gasteiger charge is -2.37. The first-order valence-corrected chi connectivity index (χ1v) is 14.9. The van der Waals surface area contributed by atoms with Crippen molar-refractivity contribution in [2.45, 2.75) is 58.7 Å². The van der Waals surface area contributed by atoms with Gasteiger partial charge in [0.2, 0.25) is 11.9 Å². The van der Waals surface area contributed by atoms with E-state index >= 15 is 0 Å². The Morgan fingerprint density at radius 3 is 2.51 bits per heavy atom. The number of carbonyl (C=O) groups is 2. The van der Waals surface area contributed by atoms with Gasteiger partial charge in [-0.3, -0.25) is 4.79 Å². The molecule has 13 heteroatoms. The molecule has 10 nitrogen and oxygen atoms in total. The number of amides is 2. The van der Waals surface area contributed by atoms with Crippen molar-refractivity contribution in [2.24, 2.45) is 0 Å². The molecule has 45 heavy (non-hydrogen) atoms. The summed E-state index contributed by atoms with van der Waals surface area (Å²) in [6, 6.07) is 10.9. The number of nitrogens with zero attached hydrogens (tertiary/aromatic N) is 4. The topological polar surface area (TPSA) is 109 Å². The average Bonchev–Trinajstić information content (AvgIpc) is 3.36. The van der Waals surface area contributed by atoms with Gasteiger partial charge in [0.05, 0.1) is 30.0 Å². The second kappa shape index (κ2) is 12.8. The van der Waals surface area contributed by atoms with Crippen LogP contribution in [0.15, 0.2) is 42.6 Å². The number of benzene rings is 2. The molecular formula is C32H37F3N6O4. The van der Waals surface area contributed by atoms with E-state index in [4.69, 9.17) is 9.47 Å². The molecule has 0 spiro atoms. The van der Waals surface area contributed by atoms with E-state index in [-0.39, 0.29) is 42.9 Å². The van der Waals surface area contributed by atoms with Gasteiger partial charge < -0.3 is 29.9 Å². The van der Waals surface area contributed by atoms with E-state index in [0.717, 1.165) is 23.0 Å². The molecule has 3 heterocycles. The number of halogens is 3. The lowest BCUT2D eigenvalue weighted by atomic mass is 9.98. The second-order valence-electron chi connectivity index (χ2n) is 11.9. The molecule has 3 aromatic rings. The molecule has 0 aliphatic carbocycles. The molecule has 2 aliphatic heterocycles. The maximum absolute atomic E-state index is 13.9. The molecule has 0 radical (unpaired) electrons. The van der Waals surface area contributed by atoms with E-state index in [2.05, 4.69) is 25.5 Å². The molecule has 0 saturated carbocycles. The van der Waals surface area contributed by atoms with Crippen molar-refractivity contribution in [1.82, 2.24) is 14.9 Å². The minimum absolute atomic E-state index is 0.00319. The van der Waals surface area contributed by atoms with Gasteiger partial charge in [0.15, 0.2) is 0 Å². The van der Waals surface area contributed by atoms with Crippen LogP contribution in [-0.4, -0.2) is 65.3 Å². The monoisotopic (exact) mass is 626 g/mol. The fourth-order valence-corrected chi connectivity index (χ4v) is 5.39. The highest BCUT2D eigenvalue weighted by atomic mass is 19.4. The van der Waals surface area contributed by atoms with E-state index < -0.39 is 17.3 Å². The summed E-state index contributed by atoms with van der Waals surface area (Å²) in [5.74, 6) is 0.362. The molecule has 240 valence electrons. The first-order valence-electron chi connectivity index (χ1n) is 14.9. The molecule has 0 bridgehead atoms. The zero-order valence-electron chi connectivity index (χ0n) is 25.8. The van der Waals surface area contributed by atoms with Crippen molar-refractivity contribution in [3.8, 4) is 5.75 Å². The first kappa shape index (κ1) is 31.9. The summed E-state index contributed by atoms with van der Waals surface area (Å²) in [5.41, 5.74) is 2.06. The van der Waals surface area contributed by atoms with Gasteiger partial charge in [0, 0.05) is 49.8 Å². The highest BCUT2D eigenvalue weighted by Gasteiger charge is 2.35. The van der Waals surface area contributed by atoms with Crippen LogP contribution in [0, 0.1) is 0 Å². The molecule has 1 aromatic heterocycles. The van der Waals surface area contributed by atoms with Gasteiger partial charge in [0.1, 0.15) is 11.4 Å². The van der Waals surface area contributed by atoms with Crippen LogP contribution >= 0.6 is 0 Å². The number of rotatable bonds is 8. The van der Waals surface area contributed by atoms with Gasteiger partial charge in [-0.2, -0.15) is 13.2 Å². The minimum Gasteiger partial charge on any atom is -0.492 e. The number of ether oxygens (including phenoxy) is 2. The van der Waals surface area contributed by atoms with Crippen LogP contribution in [0.3, 0.4) is 0 Å². The summed E-state index contributed by atoms with van der Waals surface area (Å²) >= 11 is 0. The smallest absolute Gasteiger partial charge is 0.419 e. The van der Waals surface area contributed by atoms with Crippen LogP contribution in [0.4, 0.5) is 41.0 Å². The van der Waals surface area contributed by atoms with Gasteiger partial charge >= 0.3 is 12.3 Å². The van der Waals surface area contributed by atoms with Crippen LogP contribution < -0.4 is 20.3 Å². The van der Waals surface area contributed by atoms with Gasteiger partial charge in [0.25, 0.3) is 0 Å². The molecule has 0 atom stereocenters. The number of hydrogen-bond acceptors (Lipinski definition) is 8. The molecule has 2 amide bonds. The van der Waals surface area contributed by atoms with Crippen molar-refractivity contribution in [3.63, 3.8) is 0 Å². The number of anilines is 4. The third-order valence-corrected chi connectivity index (χ3v) is 7.50. The van der Waals surface area contributed by atoms with E-state index in [1.165, 1.54) is 0 Å². The fourth-order valence-electron chi connectivity index (χ4n) is 5.39. The average molecular weight is 627 g/mol. The number of hydrogen-bond donors (Lipinski definition) is 2. The first-order chi connectivity index (χ1) is 21.3. The van der Waals surface area contributed by atoms with E-state index in [1.807, 2.05) is 45.9 Å². The van der Waals surface area contributed by atoms with Crippen molar-refractivity contribution in [2.75, 3.05) is 48.3 Å². The van der Waals surface area contributed by atoms with E-state index in [1.54, 1.807) is 23.1 Å². The van der Waals surface area contributed by atoms with Gasteiger partial charge in [-0.25, -0.2) is 14.8 Å². The number of piperazine rings is 1. The van der Waals surface area contributed by atoms with Crippen molar-refractivity contribution >= 4 is 35.0 Å². The Kier molecular flexibility index (Phi) is 9.08. The summed E-state index contributed by atoms with van der Waals surface area (Å²) in [6.45, 7) is 9.89. The third-order valence-electron chi connectivity index (χ3n) is 7.50. The van der Waals surface area contributed by atoms with Crippen molar-refractivity contribution < 1.29 is 32.2 Å². The molecule has 2 N–H and O–H groups in total. The maximum Gasteiger partial charge on any atom is 0.419 e. The number of nitrogens with one attached hydrogen (secondary N) is 2. The van der Waals surface area contributed by atoms with Crippen LogP contribution in [0.5, 0.6) is 5.75 Å². The largest absolute Gasteiger partial charge is 0.492 e. The predicted molar refractivity (Wildman–Crippen MR) is 164 cm³/mol. The van der Waals surface area contributed by atoms with Crippen LogP contribution in [0.25, 0.3) is 0 Å². The summed E-state index contributed by atoms with van der Waals surface area (Å²) < 4.78 is 53.1. The Balaban J connectivity index is 1.32. The zero-order valence-corrected chi connectivity index (χ0v) is 25.8. The lowest BCUT2D eigenvalue weighted by Crippen LogP contribution is -2.50. The highest BCUT2D eigenvalue weighted by molar-refractivity contribution is 5.99. The van der Waals surface area contributed by atoms with Gasteiger partial charge in [-0.15, -0.1) is 0 Å². The van der Waals surface area contributed by atoms with Crippen LogP contribution in [0.2, 0.25) is 0 Å². The van der Waals surface area contributed by atoms with Crippen LogP contribution in [-0.2, 0) is 35.0 Å². The van der Waals surface area contributed by atoms with E-state index in [9.17, 15) is 22.8 Å². The highest BCUT2D eigenvalue weighted by Crippen LogP contribution is 2.35. The zero-order chi connectivity index (χ0) is 32.4. The lowest BCUT2D eigenvalue weighted by molar-refractivity contribution is -0.138. The maximum atomic E-state index is 13.9. The Labute approximate surface area is 259 Å². The summed E-state index contributed by atoms with van der Waals surface area (Å²) in [7, 11) is 0. The Morgan fingerprint density at radius 2 is 1.82 bits per heavy atom. The standard InChI is InChI=1S/C32H37F3N6O4/c1-5-44-27-17-21(40-13-15-41(16-14-40)30(43)45-31(2,3)4)10-12-26(27)39-29-36-19-23(32(33,34)35)25(38-29)11-9-20-7-6-8-24-22(20)18-28(42)37-24/h6-8,10,12,17,19H,5,9,11,13-16,18H2,1-4H3,(H,37,42)(H,36,38,39). The Bertz CT molecular complexity index is 1570. The number of fused-ring (bicyclic) bond motifs is 1. The quantitative estimate of drug-likeness (QED) is 0.315. The minimum atomic E-state index is -4.63. The summed E-state index contributed by atoms with van der Waals surface area (Å²) in [5, 5.41) is 5.81. The predicted octanol–water partition coefficient (Wildman–Crippen LogP) is 5.97. The number of alkyl halides is 3. The normalized spacial score (nSPS) is 15.0. The fraction of sp³-hybridized carbons (Fsp3) is 0.438. The number of aromatic nitrogens is 2. The molecule has 2 aliphatic rings. The SMILES string of the molecule is CCOc1cc(N2CCN(C(=O)OC(C)(C)C)CC2)ccc1Nc1ncc(C(F)(F)F)c(CCc2cccc3c2CC(=O)N3)n1. The molecule has 1 saturated heterocycles. The molecule has 0 unspecified atom stereocenters. The number of carbonyl (C=O) groups excluding carboxylic acids is 2. The van der Waals surface area contributed by atoms with Gasteiger partial charge in [-0.1, -0.05) is 12.1 Å². The molecule has 2 aromatic carbocycles. The Hall–Kier alpha value is -4.55. The van der Waals surface area contributed by atoms with Crippen molar-refractivity contribution in [1.29, 1.82) is 0 Å². The second-order valence-corrected chi connectivity index (χ2v) is 11.9. The summed E-state index contributed by atoms with van der Waals surface area (Å²) in [6.07, 6.45) is -3.70. The van der Waals surface area contributed by atoms with E-state index in [0.29, 0.717) is 49.9 Å². The van der Waals surface area contributed by atoms with Crippen LogP contribution in [0.1, 0.15) is 50.1 Å². The molecule has 1 fully saturated rings. The summed E-state index contributed by atoms with van der Waals surface area (Å²) in [4.78, 5) is 36.4. The van der Waals surface area contributed by atoms with Gasteiger partial charge in [-0.05, 0) is 69.9 Å². The number of aryl methyl sites for hydroxylation is 2. The van der Waals surface area contributed by atoms with Crippen molar-refractivity contribution in [3.05, 3.63) is 65.0 Å². The molecular weight excluding hydrogens is 589 g/mol. The molecule has 5 rings (SSSR count).